The number of hydrogen-bond donors (Lipinski definition) is 1. The third kappa shape index (κ3) is 5.15. The SMILES string of the molecule is CN(C(=O)O[C@H]1CCCN1S(=O)(=O)c1cccc(S(=O)(=O)c2ccc(CN)s2)c1)c1ccc(F)cc1. The van der Waals surface area contributed by atoms with Gasteiger partial charge in [-0.2, -0.15) is 4.31 Å². The van der Waals surface area contributed by atoms with E-state index in [4.69, 9.17) is 10.5 Å². The van der Waals surface area contributed by atoms with Crippen molar-refractivity contribution in [1.82, 2.24) is 4.31 Å². The highest BCUT2D eigenvalue weighted by Crippen LogP contribution is 2.32. The van der Waals surface area contributed by atoms with Crippen LogP contribution in [0.3, 0.4) is 0 Å². The first-order valence-electron chi connectivity index (χ1n) is 10.9. The molecule has 1 fully saturated rings. The molecule has 1 amide bonds. The lowest BCUT2D eigenvalue weighted by molar-refractivity contribution is 0.0579. The van der Waals surface area contributed by atoms with E-state index >= 15 is 0 Å². The summed E-state index contributed by atoms with van der Waals surface area (Å²) in [6.45, 7) is 0.294. The van der Waals surface area contributed by atoms with E-state index in [1.807, 2.05) is 0 Å². The van der Waals surface area contributed by atoms with Crippen LogP contribution in [0.15, 0.2) is 74.7 Å². The van der Waals surface area contributed by atoms with Crippen LogP contribution in [0.2, 0.25) is 0 Å². The number of thiophene rings is 1. The molecule has 0 aliphatic carbocycles. The number of nitrogens with two attached hydrogens (primary N) is 1. The molecule has 4 rings (SSSR count). The maximum absolute atomic E-state index is 13.4. The van der Waals surface area contributed by atoms with E-state index in [9.17, 15) is 26.0 Å². The van der Waals surface area contributed by atoms with Crippen molar-refractivity contribution in [2.75, 3.05) is 18.5 Å². The summed E-state index contributed by atoms with van der Waals surface area (Å²) >= 11 is 1.03. The quantitative estimate of drug-likeness (QED) is 0.474. The Labute approximate surface area is 212 Å². The number of sulfone groups is 1. The van der Waals surface area contributed by atoms with Crippen LogP contribution >= 0.6 is 11.3 Å². The Morgan fingerprint density at radius 3 is 2.47 bits per heavy atom. The fourth-order valence-corrected chi connectivity index (χ4v) is 8.11. The van der Waals surface area contributed by atoms with E-state index in [2.05, 4.69) is 0 Å². The van der Waals surface area contributed by atoms with E-state index in [1.54, 1.807) is 6.07 Å². The summed E-state index contributed by atoms with van der Waals surface area (Å²) in [4.78, 5) is 14.1. The van der Waals surface area contributed by atoms with Gasteiger partial charge < -0.3 is 10.5 Å². The van der Waals surface area contributed by atoms with Crippen molar-refractivity contribution in [3.63, 3.8) is 0 Å². The highest BCUT2D eigenvalue weighted by molar-refractivity contribution is 7.93. The molecule has 1 aromatic heterocycles. The van der Waals surface area contributed by atoms with Gasteiger partial charge >= 0.3 is 6.09 Å². The Morgan fingerprint density at radius 1 is 1.11 bits per heavy atom. The summed E-state index contributed by atoms with van der Waals surface area (Å²) in [5.41, 5.74) is 5.95. The molecule has 13 heteroatoms. The minimum atomic E-state index is -4.19. The monoisotopic (exact) mass is 553 g/mol. The molecule has 1 aliphatic rings. The standard InChI is InChI=1S/C23H24FN3O6S3/c1-26(17-9-7-16(24)8-10-17)23(28)33-21-6-3-13-27(21)36(31,32)20-5-2-4-19(14-20)35(29,30)22-12-11-18(15-25)34-22/h2,4-5,7-12,14,21H,3,6,13,15,25H2,1H3/t21-/m0/s1. The summed E-state index contributed by atoms with van der Waals surface area (Å²) in [5, 5.41) is 0. The lowest BCUT2D eigenvalue weighted by Crippen LogP contribution is -2.41. The predicted octanol–water partition coefficient (Wildman–Crippen LogP) is 3.56. The average Bonchev–Trinajstić information content (AvgIpc) is 3.54. The lowest BCUT2D eigenvalue weighted by Gasteiger charge is -2.26. The second kappa shape index (κ2) is 10.3. The van der Waals surface area contributed by atoms with Gasteiger partial charge in [-0.15, -0.1) is 11.3 Å². The van der Waals surface area contributed by atoms with Crippen LogP contribution in [0.5, 0.6) is 0 Å². The van der Waals surface area contributed by atoms with E-state index in [1.165, 1.54) is 55.6 Å². The molecular formula is C23H24FN3O6S3. The number of sulfonamides is 1. The van der Waals surface area contributed by atoms with Crippen LogP contribution in [0.25, 0.3) is 0 Å². The van der Waals surface area contributed by atoms with Gasteiger partial charge in [-0.05, 0) is 61.0 Å². The van der Waals surface area contributed by atoms with E-state index < -0.39 is 38.0 Å². The van der Waals surface area contributed by atoms with E-state index in [0.29, 0.717) is 17.0 Å². The molecule has 1 saturated heterocycles. The molecule has 0 saturated carbocycles. The Balaban J connectivity index is 1.56. The molecule has 3 aromatic rings. The molecule has 1 aliphatic heterocycles. The van der Waals surface area contributed by atoms with Crippen molar-refractivity contribution in [2.24, 2.45) is 5.73 Å². The van der Waals surface area contributed by atoms with Gasteiger partial charge in [0.05, 0.1) is 9.79 Å². The number of benzene rings is 2. The second-order valence-corrected chi connectivity index (χ2v) is 13.3. The molecule has 0 radical (unpaired) electrons. The van der Waals surface area contributed by atoms with Crippen molar-refractivity contribution in [1.29, 1.82) is 0 Å². The smallest absolute Gasteiger partial charge is 0.415 e. The zero-order valence-electron chi connectivity index (χ0n) is 19.2. The van der Waals surface area contributed by atoms with Gasteiger partial charge in [0.25, 0.3) is 0 Å². The van der Waals surface area contributed by atoms with Crippen LogP contribution in [-0.2, 0) is 31.1 Å². The van der Waals surface area contributed by atoms with Crippen LogP contribution in [-0.4, -0.2) is 47.1 Å². The number of anilines is 1. The first kappa shape index (κ1) is 26.2. The van der Waals surface area contributed by atoms with Crippen molar-refractivity contribution in [3.05, 3.63) is 71.4 Å². The summed E-state index contributed by atoms with van der Waals surface area (Å²) in [6.07, 6.45) is -1.16. The van der Waals surface area contributed by atoms with Crippen LogP contribution in [0, 0.1) is 5.82 Å². The minimum absolute atomic E-state index is 0.0642. The van der Waals surface area contributed by atoms with Gasteiger partial charge in [-0.25, -0.2) is 26.0 Å². The normalized spacial score (nSPS) is 16.7. The van der Waals surface area contributed by atoms with Gasteiger partial charge in [-0.3, -0.25) is 4.90 Å². The molecule has 9 nitrogen and oxygen atoms in total. The van der Waals surface area contributed by atoms with Crippen molar-refractivity contribution in [2.45, 2.75) is 39.6 Å². The number of nitrogens with zero attached hydrogens (tertiary/aromatic N) is 2. The number of carbonyl (C=O) groups excluding carboxylic acids is 1. The van der Waals surface area contributed by atoms with Crippen LogP contribution in [0.4, 0.5) is 14.9 Å². The van der Waals surface area contributed by atoms with E-state index in [0.717, 1.165) is 26.6 Å². The largest absolute Gasteiger partial charge is 0.429 e. The highest BCUT2D eigenvalue weighted by Gasteiger charge is 2.39. The summed E-state index contributed by atoms with van der Waals surface area (Å²) in [6, 6.07) is 13.3. The lowest BCUT2D eigenvalue weighted by atomic mass is 10.3. The molecule has 0 spiro atoms. The fourth-order valence-electron chi connectivity index (χ4n) is 3.73. The topological polar surface area (TPSA) is 127 Å². The number of amides is 1. The molecule has 0 unspecified atom stereocenters. The molecule has 2 heterocycles. The molecular weight excluding hydrogens is 529 g/mol. The van der Waals surface area contributed by atoms with Crippen molar-refractivity contribution < 1.29 is 30.8 Å². The number of hydrogen-bond acceptors (Lipinski definition) is 8. The third-order valence-electron chi connectivity index (χ3n) is 5.70. The molecule has 2 N–H and O–H groups in total. The van der Waals surface area contributed by atoms with Gasteiger partial charge in [0, 0.05) is 37.1 Å². The maximum Gasteiger partial charge on any atom is 0.415 e. The fraction of sp³-hybridized carbons (Fsp3) is 0.261. The van der Waals surface area contributed by atoms with Crippen molar-refractivity contribution in [3.8, 4) is 0 Å². The van der Waals surface area contributed by atoms with Gasteiger partial charge in [0.1, 0.15) is 10.0 Å². The summed E-state index contributed by atoms with van der Waals surface area (Å²) in [7, 11) is -6.71. The Hall–Kier alpha value is -2.84. The first-order valence-corrected chi connectivity index (χ1v) is 14.6. The first-order chi connectivity index (χ1) is 17.0. The predicted molar refractivity (Wildman–Crippen MR) is 132 cm³/mol. The van der Waals surface area contributed by atoms with E-state index in [-0.39, 0.29) is 33.5 Å². The van der Waals surface area contributed by atoms with Gasteiger partial charge in [-0.1, -0.05) is 6.07 Å². The maximum atomic E-state index is 13.4. The zero-order valence-corrected chi connectivity index (χ0v) is 21.7. The Morgan fingerprint density at radius 2 is 1.81 bits per heavy atom. The van der Waals surface area contributed by atoms with Crippen LogP contribution < -0.4 is 10.6 Å². The molecule has 0 bridgehead atoms. The van der Waals surface area contributed by atoms with Gasteiger partial charge in [0.2, 0.25) is 19.9 Å². The number of ether oxygens (including phenoxy) is 1. The Kier molecular flexibility index (Phi) is 7.48. The molecule has 192 valence electrons. The molecule has 36 heavy (non-hydrogen) atoms. The summed E-state index contributed by atoms with van der Waals surface area (Å²) < 4.78 is 72.8. The average molecular weight is 554 g/mol. The minimum Gasteiger partial charge on any atom is -0.429 e. The number of halogens is 1. The second-order valence-electron chi connectivity index (χ2n) is 8.03. The third-order valence-corrected chi connectivity index (χ3v) is 10.9. The number of rotatable bonds is 7. The summed E-state index contributed by atoms with van der Waals surface area (Å²) in [5.74, 6) is -0.461. The number of carbonyl (C=O) groups is 1. The van der Waals surface area contributed by atoms with Gasteiger partial charge in [0.15, 0.2) is 6.23 Å². The van der Waals surface area contributed by atoms with Crippen molar-refractivity contribution >= 4 is 43.0 Å². The zero-order chi connectivity index (χ0) is 26.1. The van der Waals surface area contributed by atoms with Crippen LogP contribution in [0.1, 0.15) is 17.7 Å². The Bertz CT molecular complexity index is 1470. The molecule has 1 atom stereocenters. The molecule has 2 aromatic carbocycles. The highest BCUT2D eigenvalue weighted by atomic mass is 32.2.